The van der Waals surface area contributed by atoms with E-state index in [1.807, 2.05) is 0 Å². The second-order valence-electron chi connectivity index (χ2n) is 5.05. The Morgan fingerprint density at radius 3 is 2.70 bits per heavy atom. The highest BCUT2D eigenvalue weighted by atomic mass is 19.4. The van der Waals surface area contributed by atoms with Crippen LogP contribution in [0.15, 0.2) is 12.3 Å². The summed E-state index contributed by atoms with van der Waals surface area (Å²) in [6, 6.07) is 1.99. The summed E-state index contributed by atoms with van der Waals surface area (Å²) >= 11 is 0. The van der Waals surface area contributed by atoms with Crippen LogP contribution in [0.5, 0.6) is 0 Å². The van der Waals surface area contributed by atoms with Crippen LogP contribution in [0.1, 0.15) is 24.8 Å². The summed E-state index contributed by atoms with van der Waals surface area (Å²) in [5.41, 5.74) is 0.431. The topological polar surface area (TPSA) is 28.2 Å². The van der Waals surface area contributed by atoms with Gasteiger partial charge in [0.15, 0.2) is 11.6 Å². The van der Waals surface area contributed by atoms with E-state index in [1.165, 1.54) is 18.1 Å². The van der Waals surface area contributed by atoms with Crippen molar-refractivity contribution in [2.45, 2.75) is 38.0 Å². The molecule has 112 valence electrons. The molecule has 0 radical (unpaired) electrons. The third-order valence-corrected chi connectivity index (χ3v) is 3.20. The molecule has 1 heterocycles. The summed E-state index contributed by atoms with van der Waals surface area (Å²) in [5, 5.41) is 3.17. The average molecular weight is 291 g/mol. The molecule has 0 aromatic carbocycles. The fourth-order valence-electron chi connectivity index (χ4n) is 1.82. The number of hydrogen-bond acceptors (Lipinski definition) is 3. The fourth-order valence-corrected chi connectivity index (χ4v) is 1.82. The Morgan fingerprint density at radius 1 is 1.40 bits per heavy atom. The molecule has 0 unspecified atom stereocenters. The number of anilines is 1. The molecule has 0 bridgehead atoms. The van der Waals surface area contributed by atoms with Gasteiger partial charge in [-0.15, -0.1) is 0 Å². The number of nitrogens with zero attached hydrogens (tertiary/aromatic N) is 2. The lowest BCUT2D eigenvalue weighted by molar-refractivity contribution is -0.132. The second-order valence-corrected chi connectivity index (χ2v) is 5.05. The number of nitrogens with one attached hydrogen (secondary N) is 1. The van der Waals surface area contributed by atoms with Gasteiger partial charge in [0.25, 0.3) is 0 Å². The van der Waals surface area contributed by atoms with Crippen molar-refractivity contribution in [2.24, 2.45) is 0 Å². The van der Waals surface area contributed by atoms with Crippen LogP contribution in [0, 0.1) is 5.82 Å². The van der Waals surface area contributed by atoms with Crippen LogP contribution in [-0.2, 0) is 6.54 Å². The zero-order chi connectivity index (χ0) is 14.8. The van der Waals surface area contributed by atoms with E-state index in [1.54, 1.807) is 6.07 Å². The highest BCUT2D eigenvalue weighted by molar-refractivity contribution is 5.42. The number of rotatable bonds is 6. The van der Waals surface area contributed by atoms with Gasteiger partial charge in [0.1, 0.15) is 0 Å². The van der Waals surface area contributed by atoms with E-state index in [9.17, 15) is 17.6 Å². The van der Waals surface area contributed by atoms with E-state index in [-0.39, 0.29) is 12.4 Å². The van der Waals surface area contributed by atoms with E-state index in [0.29, 0.717) is 18.2 Å². The summed E-state index contributed by atoms with van der Waals surface area (Å²) in [7, 11) is 1.41. The van der Waals surface area contributed by atoms with Gasteiger partial charge < -0.3 is 10.2 Å². The third kappa shape index (κ3) is 4.33. The molecule has 0 saturated heterocycles. The SMILES string of the molecule is CN(CCC(F)(F)F)c1nccc(CNC2CC2)c1F. The van der Waals surface area contributed by atoms with Crippen LogP contribution >= 0.6 is 0 Å². The van der Waals surface area contributed by atoms with Gasteiger partial charge >= 0.3 is 6.18 Å². The molecular formula is C13H17F4N3. The summed E-state index contributed by atoms with van der Waals surface area (Å²) in [6.45, 7) is 0.0616. The van der Waals surface area contributed by atoms with Gasteiger partial charge in [0.05, 0.1) is 6.42 Å². The van der Waals surface area contributed by atoms with E-state index in [4.69, 9.17) is 0 Å². The molecule has 3 nitrogen and oxygen atoms in total. The average Bonchev–Trinajstić information content (AvgIpc) is 3.18. The lowest BCUT2D eigenvalue weighted by atomic mass is 10.2. The minimum Gasteiger partial charge on any atom is -0.357 e. The molecule has 1 N–H and O–H groups in total. The first kappa shape index (κ1) is 15.0. The number of aromatic nitrogens is 1. The first-order chi connectivity index (χ1) is 9.37. The Bertz CT molecular complexity index is 457. The summed E-state index contributed by atoms with van der Waals surface area (Å²) in [5.74, 6) is -0.588. The normalized spacial score (nSPS) is 15.4. The van der Waals surface area contributed by atoms with Gasteiger partial charge in [-0.3, -0.25) is 0 Å². The van der Waals surface area contributed by atoms with E-state index >= 15 is 0 Å². The van der Waals surface area contributed by atoms with E-state index in [2.05, 4.69) is 10.3 Å². The Kier molecular flexibility index (Phi) is 4.47. The Labute approximate surface area is 115 Å². The quantitative estimate of drug-likeness (QED) is 0.817. The highest BCUT2D eigenvalue weighted by Crippen LogP contribution is 2.24. The van der Waals surface area contributed by atoms with Crippen LogP contribution in [0.2, 0.25) is 0 Å². The highest BCUT2D eigenvalue weighted by Gasteiger charge is 2.28. The van der Waals surface area contributed by atoms with Gasteiger partial charge in [0.2, 0.25) is 0 Å². The van der Waals surface area contributed by atoms with Gasteiger partial charge in [-0.25, -0.2) is 9.37 Å². The molecule has 7 heteroatoms. The van der Waals surface area contributed by atoms with Crippen LogP contribution in [0.3, 0.4) is 0 Å². The number of halogens is 4. The van der Waals surface area contributed by atoms with Crippen molar-refractivity contribution in [1.82, 2.24) is 10.3 Å². The van der Waals surface area contributed by atoms with Crippen molar-refractivity contribution in [2.75, 3.05) is 18.5 Å². The lowest BCUT2D eigenvalue weighted by Crippen LogP contribution is -2.26. The Hall–Kier alpha value is -1.37. The molecule has 0 aliphatic heterocycles. The molecule has 0 amide bonds. The maximum atomic E-state index is 14.2. The van der Waals surface area contributed by atoms with Crippen molar-refractivity contribution >= 4 is 5.82 Å². The molecule has 0 atom stereocenters. The molecule has 1 fully saturated rings. The summed E-state index contributed by atoms with van der Waals surface area (Å²) in [4.78, 5) is 5.04. The zero-order valence-electron chi connectivity index (χ0n) is 11.2. The molecule has 20 heavy (non-hydrogen) atoms. The molecule has 1 saturated carbocycles. The van der Waals surface area contributed by atoms with Crippen molar-refractivity contribution < 1.29 is 17.6 Å². The van der Waals surface area contributed by atoms with Crippen LogP contribution in [0.25, 0.3) is 0 Å². The van der Waals surface area contributed by atoms with Gasteiger partial charge in [-0.2, -0.15) is 13.2 Å². The zero-order valence-corrected chi connectivity index (χ0v) is 11.2. The van der Waals surface area contributed by atoms with Gasteiger partial charge in [0, 0.05) is 37.9 Å². The molecule has 1 aromatic rings. The third-order valence-electron chi connectivity index (χ3n) is 3.20. The molecule has 1 aromatic heterocycles. The first-order valence-electron chi connectivity index (χ1n) is 6.51. The molecule has 1 aliphatic rings. The summed E-state index contributed by atoms with van der Waals surface area (Å²) < 4.78 is 50.7. The Balaban J connectivity index is 2.00. The predicted octanol–water partition coefficient (Wildman–Crippen LogP) is 2.86. The minimum absolute atomic E-state index is 0.0376. The Morgan fingerprint density at radius 2 is 2.10 bits per heavy atom. The van der Waals surface area contributed by atoms with Gasteiger partial charge in [-0.1, -0.05) is 0 Å². The van der Waals surface area contributed by atoms with Crippen molar-refractivity contribution in [1.29, 1.82) is 0 Å². The number of pyridine rings is 1. The molecule has 0 spiro atoms. The van der Waals surface area contributed by atoms with E-state index in [0.717, 1.165) is 12.8 Å². The van der Waals surface area contributed by atoms with Crippen molar-refractivity contribution in [3.05, 3.63) is 23.6 Å². The predicted molar refractivity (Wildman–Crippen MR) is 68.0 cm³/mol. The molecule has 1 aliphatic carbocycles. The van der Waals surface area contributed by atoms with Crippen molar-refractivity contribution in [3.63, 3.8) is 0 Å². The largest absolute Gasteiger partial charge is 0.390 e. The minimum atomic E-state index is -4.25. The monoisotopic (exact) mass is 291 g/mol. The van der Waals surface area contributed by atoms with Crippen LogP contribution in [0.4, 0.5) is 23.4 Å². The number of hydrogen-bond donors (Lipinski definition) is 1. The molecule has 2 rings (SSSR count). The van der Waals surface area contributed by atoms with Crippen molar-refractivity contribution in [3.8, 4) is 0 Å². The fraction of sp³-hybridized carbons (Fsp3) is 0.615. The standard InChI is InChI=1S/C13H17F4N3/c1-20(7-5-13(15,16)17)12-11(14)9(4-6-18-12)8-19-10-2-3-10/h4,6,10,19H,2-3,5,7-8H2,1H3. The first-order valence-corrected chi connectivity index (χ1v) is 6.51. The summed E-state index contributed by atoms with van der Waals surface area (Å²) in [6.07, 6.45) is -1.65. The second kappa shape index (κ2) is 5.95. The van der Waals surface area contributed by atoms with Crippen LogP contribution < -0.4 is 10.2 Å². The van der Waals surface area contributed by atoms with E-state index < -0.39 is 18.4 Å². The number of alkyl halides is 3. The smallest absolute Gasteiger partial charge is 0.357 e. The lowest BCUT2D eigenvalue weighted by Gasteiger charge is -2.20. The van der Waals surface area contributed by atoms with Crippen LogP contribution in [-0.4, -0.2) is 30.8 Å². The van der Waals surface area contributed by atoms with Gasteiger partial charge in [-0.05, 0) is 18.9 Å². The maximum Gasteiger partial charge on any atom is 0.390 e. The maximum absolute atomic E-state index is 14.2. The molecular weight excluding hydrogens is 274 g/mol.